The zero-order chi connectivity index (χ0) is 77.1. The van der Waals surface area contributed by atoms with Crippen LogP contribution in [-0.4, -0.2) is 96.7 Å². The fraction of sp³-hybridized carbons (Fsp3) is 0.953. The summed E-state index contributed by atoms with van der Waals surface area (Å²) in [4.78, 5) is 73.2. The van der Waals surface area contributed by atoms with Gasteiger partial charge in [0.05, 0.1) is 26.4 Å². The van der Waals surface area contributed by atoms with Crippen molar-refractivity contribution >= 4 is 39.5 Å². The number of unbranched alkanes of at least 4 members (excludes halogenated alkanes) is 54. The fourth-order valence-corrected chi connectivity index (χ4v) is 15.0. The van der Waals surface area contributed by atoms with E-state index >= 15 is 0 Å². The summed E-state index contributed by atoms with van der Waals surface area (Å²) >= 11 is 0. The van der Waals surface area contributed by atoms with Crippen LogP contribution in [0, 0.1) is 11.8 Å². The summed E-state index contributed by atoms with van der Waals surface area (Å²) in [6.07, 6.45) is 69.5. The van der Waals surface area contributed by atoms with E-state index in [0.29, 0.717) is 25.7 Å². The number of aliphatic hydroxyl groups is 1. The van der Waals surface area contributed by atoms with Crippen LogP contribution in [0.5, 0.6) is 0 Å². The molecule has 0 aliphatic rings. The van der Waals surface area contributed by atoms with Crippen molar-refractivity contribution in [2.24, 2.45) is 11.8 Å². The van der Waals surface area contributed by atoms with Gasteiger partial charge in [-0.3, -0.25) is 37.3 Å². The predicted octanol–water partition coefficient (Wildman–Crippen LogP) is 26.2. The Hall–Kier alpha value is -1.94. The van der Waals surface area contributed by atoms with Gasteiger partial charge in [0.2, 0.25) is 0 Å². The molecule has 0 bridgehead atoms. The number of carbonyl (C=O) groups is 4. The first-order valence-corrected chi connectivity index (χ1v) is 47.5. The van der Waals surface area contributed by atoms with E-state index in [2.05, 4.69) is 41.5 Å². The largest absolute Gasteiger partial charge is 0.472 e. The van der Waals surface area contributed by atoms with Crippen molar-refractivity contribution in [3.63, 3.8) is 0 Å². The molecule has 17 nitrogen and oxygen atoms in total. The van der Waals surface area contributed by atoms with Gasteiger partial charge in [-0.15, -0.1) is 0 Å². The molecule has 0 rings (SSSR count). The number of rotatable bonds is 85. The number of phosphoric ester groups is 2. The smallest absolute Gasteiger partial charge is 0.462 e. The molecule has 0 aliphatic carbocycles. The maximum Gasteiger partial charge on any atom is 0.472 e. The van der Waals surface area contributed by atoms with E-state index in [1.54, 1.807) is 0 Å². The van der Waals surface area contributed by atoms with Crippen LogP contribution in [0.4, 0.5) is 0 Å². The number of phosphoric acid groups is 2. The number of ether oxygens (including phenoxy) is 4. The van der Waals surface area contributed by atoms with Crippen LogP contribution >= 0.6 is 15.6 Å². The highest BCUT2D eigenvalue weighted by Gasteiger charge is 2.30. The van der Waals surface area contributed by atoms with Gasteiger partial charge in [0.25, 0.3) is 0 Å². The molecule has 0 aliphatic heterocycles. The van der Waals surface area contributed by atoms with Crippen LogP contribution in [-0.2, 0) is 65.4 Å². The van der Waals surface area contributed by atoms with Gasteiger partial charge in [-0.2, -0.15) is 0 Å². The third-order valence-electron chi connectivity index (χ3n) is 20.6. The minimum atomic E-state index is -4.97. The fourth-order valence-electron chi connectivity index (χ4n) is 13.4. The van der Waals surface area contributed by atoms with E-state index in [4.69, 9.17) is 37.0 Å². The zero-order valence-corrected chi connectivity index (χ0v) is 70.8. The van der Waals surface area contributed by atoms with E-state index in [0.717, 1.165) is 102 Å². The molecule has 3 unspecified atom stereocenters. The third kappa shape index (κ3) is 78.5. The molecule has 0 heterocycles. The zero-order valence-electron chi connectivity index (χ0n) is 69.0. The quantitative estimate of drug-likeness (QED) is 0.0222. The molecule has 624 valence electrons. The highest BCUT2D eigenvalue weighted by atomic mass is 31.2. The molecule has 0 aromatic carbocycles. The third-order valence-corrected chi connectivity index (χ3v) is 22.5. The van der Waals surface area contributed by atoms with Crippen LogP contribution in [0.3, 0.4) is 0 Å². The summed E-state index contributed by atoms with van der Waals surface area (Å²) < 4.78 is 68.8. The van der Waals surface area contributed by atoms with Crippen LogP contribution in [0.15, 0.2) is 0 Å². The van der Waals surface area contributed by atoms with Gasteiger partial charge >= 0.3 is 39.5 Å². The van der Waals surface area contributed by atoms with E-state index in [1.165, 1.54) is 276 Å². The van der Waals surface area contributed by atoms with Crippen molar-refractivity contribution in [1.29, 1.82) is 0 Å². The van der Waals surface area contributed by atoms with E-state index in [9.17, 15) is 43.2 Å². The highest BCUT2D eigenvalue weighted by Crippen LogP contribution is 2.45. The molecule has 19 heteroatoms. The topological polar surface area (TPSA) is 237 Å². The van der Waals surface area contributed by atoms with Gasteiger partial charge < -0.3 is 33.8 Å². The molecule has 105 heavy (non-hydrogen) atoms. The van der Waals surface area contributed by atoms with Gasteiger partial charge in [0.15, 0.2) is 12.2 Å². The summed E-state index contributed by atoms with van der Waals surface area (Å²) in [6, 6.07) is 0. The van der Waals surface area contributed by atoms with Crippen LogP contribution in [0.25, 0.3) is 0 Å². The Morgan fingerprint density at radius 3 is 0.724 bits per heavy atom. The lowest BCUT2D eigenvalue weighted by Crippen LogP contribution is -2.30. The molecule has 6 atom stereocenters. The van der Waals surface area contributed by atoms with Gasteiger partial charge in [-0.1, -0.05) is 408 Å². The Morgan fingerprint density at radius 2 is 0.486 bits per heavy atom. The molecule has 0 radical (unpaired) electrons. The molecular weight excluding hydrogens is 1370 g/mol. The average molecular weight is 1540 g/mol. The number of carbonyl (C=O) groups excluding carboxylic acids is 4. The summed E-state index contributed by atoms with van der Waals surface area (Å²) in [5, 5.41) is 10.7. The molecule has 0 amide bonds. The summed E-state index contributed by atoms with van der Waals surface area (Å²) in [5.41, 5.74) is 0. The van der Waals surface area contributed by atoms with Crippen LogP contribution < -0.4 is 0 Å². The maximum absolute atomic E-state index is 13.1. The van der Waals surface area contributed by atoms with Gasteiger partial charge in [0.1, 0.15) is 19.3 Å². The summed E-state index contributed by atoms with van der Waals surface area (Å²) in [5.74, 6) is -0.506. The number of aliphatic hydroxyl groups excluding tert-OH is 1. The molecule has 0 saturated carbocycles. The summed E-state index contributed by atoms with van der Waals surface area (Å²) in [6.45, 7) is 9.69. The van der Waals surface area contributed by atoms with Crippen molar-refractivity contribution in [1.82, 2.24) is 0 Å². The van der Waals surface area contributed by atoms with E-state index < -0.39 is 97.5 Å². The van der Waals surface area contributed by atoms with Crippen LogP contribution in [0.1, 0.15) is 459 Å². The standard InChI is InChI=1S/C86H168O17P2/c1-7-10-12-14-16-18-20-22-23-24-25-26-30-33-36-40-43-50-56-62-68-83(88)96-74-81(102-86(91)71-65-59-53-45-41-37-34-31-28-27-29-32-35-38-42-49-55-61-67-79(6)9-3)76-100-104(92,93)98-72-80(87)73-99-105(94,95)101-77-82(75-97-84(89)69-63-57-51-47-46-48-54-60-66-78(4)5)103-85(90)70-64-58-52-44-39-21-19-17-15-13-11-8-2/h78-82,87H,7-77H2,1-6H3,(H,92,93)(H,94,95)/t79?,80-,81-,82-/m1/s1. The first kappa shape index (κ1) is 103. The van der Waals surface area contributed by atoms with Crippen LogP contribution in [0.2, 0.25) is 0 Å². The predicted molar refractivity (Wildman–Crippen MR) is 432 cm³/mol. The number of esters is 4. The second-order valence-electron chi connectivity index (χ2n) is 31.6. The maximum atomic E-state index is 13.1. The molecule has 0 aromatic rings. The van der Waals surface area contributed by atoms with Gasteiger partial charge in [-0.25, -0.2) is 9.13 Å². The second kappa shape index (κ2) is 77.4. The SMILES string of the molecule is CCCCCCCCCCCCCCCCCCCCCCC(=O)OC[C@H](COP(=O)(O)OC[C@@H](O)COP(=O)(O)OC[C@@H](COC(=O)CCCCCCCCCCC(C)C)OC(=O)CCCCCCCCCCCCCC)OC(=O)CCCCCCCCCCCCCCCCCCCCC(C)CC. The van der Waals surface area contributed by atoms with Gasteiger partial charge in [0, 0.05) is 25.7 Å². The first-order chi connectivity index (χ1) is 50.9. The Kier molecular flexibility index (Phi) is 76.0. The van der Waals surface area contributed by atoms with Gasteiger partial charge in [-0.05, 0) is 37.5 Å². The normalized spacial score (nSPS) is 14.1. The Balaban J connectivity index is 5.21. The lowest BCUT2D eigenvalue weighted by Gasteiger charge is -2.21. The highest BCUT2D eigenvalue weighted by molar-refractivity contribution is 7.47. The van der Waals surface area contributed by atoms with Crippen molar-refractivity contribution in [3.8, 4) is 0 Å². The second-order valence-corrected chi connectivity index (χ2v) is 34.6. The van der Waals surface area contributed by atoms with Crippen molar-refractivity contribution in [2.75, 3.05) is 39.6 Å². The molecule has 0 fully saturated rings. The van der Waals surface area contributed by atoms with E-state index in [1.807, 2.05) is 0 Å². The lowest BCUT2D eigenvalue weighted by molar-refractivity contribution is -0.161. The van der Waals surface area contributed by atoms with Crippen molar-refractivity contribution in [2.45, 2.75) is 477 Å². The monoisotopic (exact) mass is 1540 g/mol. The number of hydrogen-bond acceptors (Lipinski definition) is 15. The molecule has 0 saturated heterocycles. The Bertz CT molecular complexity index is 2010. The first-order valence-electron chi connectivity index (χ1n) is 44.5. The average Bonchev–Trinajstić information content (AvgIpc) is 0.906. The summed E-state index contributed by atoms with van der Waals surface area (Å²) in [7, 11) is -9.93. The minimum absolute atomic E-state index is 0.107. The molecule has 0 spiro atoms. The molecule has 0 aromatic heterocycles. The molecule has 3 N–H and O–H groups in total. The Morgan fingerprint density at radius 1 is 0.276 bits per heavy atom. The molecular formula is C86H168O17P2. The van der Waals surface area contributed by atoms with Crippen molar-refractivity contribution < 1.29 is 80.2 Å². The minimum Gasteiger partial charge on any atom is -0.462 e. The number of hydrogen-bond donors (Lipinski definition) is 3. The van der Waals surface area contributed by atoms with Crippen molar-refractivity contribution in [3.05, 3.63) is 0 Å². The Labute approximate surface area is 645 Å². The lowest BCUT2D eigenvalue weighted by atomic mass is 9.99. The van der Waals surface area contributed by atoms with E-state index in [-0.39, 0.29) is 25.7 Å².